The average Bonchev–Trinajstić information content (AvgIpc) is 1.82. The van der Waals surface area contributed by atoms with Gasteiger partial charge in [0.25, 0.3) is 0 Å². The Morgan fingerprint density at radius 3 is 2.55 bits per heavy atom. The van der Waals surface area contributed by atoms with E-state index < -0.39 is 5.97 Å². The van der Waals surface area contributed by atoms with E-state index in [1.165, 1.54) is 0 Å². The van der Waals surface area contributed by atoms with Crippen LogP contribution in [0.5, 0.6) is 0 Å². The Kier molecular flexibility index (Phi) is 4.32. The van der Waals surface area contributed by atoms with Gasteiger partial charge in [-0.2, -0.15) is 0 Å². The number of rotatable bonds is 2. The predicted molar refractivity (Wildman–Crippen MR) is 42.8 cm³/mol. The molecule has 0 saturated carbocycles. The van der Waals surface area contributed by atoms with Crippen LogP contribution in [0.2, 0.25) is 0 Å². The van der Waals surface area contributed by atoms with Gasteiger partial charge in [-0.25, -0.2) is 4.79 Å². The summed E-state index contributed by atoms with van der Waals surface area (Å²) in [7, 11) is 0. The molecule has 3 heteroatoms. The first-order chi connectivity index (χ1) is 5.02. The van der Waals surface area contributed by atoms with Gasteiger partial charge in [0, 0.05) is 5.92 Å². The monoisotopic (exact) mass is 155 g/mol. The first kappa shape index (κ1) is 9.99. The van der Waals surface area contributed by atoms with E-state index >= 15 is 0 Å². The molecular formula is C8H13NO2. The normalized spacial score (nSPS) is 12.0. The highest BCUT2D eigenvalue weighted by Crippen LogP contribution is 2.00. The fourth-order valence-electron chi connectivity index (χ4n) is 0.721. The van der Waals surface area contributed by atoms with Crippen molar-refractivity contribution in [2.45, 2.75) is 26.3 Å². The van der Waals surface area contributed by atoms with Crippen molar-refractivity contribution in [3.63, 3.8) is 0 Å². The predicted octanol–water partition coefficient (Wildman–Crippen LogP) is 0.448. The fraction of sp³-hybridized carbons (Fsp3) is 0.625. The van der Waals surface area contributed by atoms with Crippen molar-refractivity contribution < 1.29 is 9.90 Å². The third-order valence-corrected chi connectivity index (χ3v) is 1.09. The average molecular weight is 155 g/mol. The zero-order valence-corrected chi connectivity index (χ0v) is 6.79. The maximum Gasteiger partial charge on any atom is 0.381 e. The number of hydrogen-bond acceptors (Lipinski definition) is 2. The Labute approximate surface area is 66.6 Å². The van der Waals surface area contributed by atoms with Gasteiger partial charge >= 0.3 is 5.97 Å². The van der Waals surface area contributed by atoms with Crippen molar-refractivity contribution in [3.8, 4) is 11.8 Å². The molecular weight excluding hydrogens is 142 g/mol. The van der Waals surface area contributed by atoms with E-state index in [1.807, 2.05) is 19.8 Å². The van der Waals surface area contributed by atoms with Gasteiger partial charge in [-0.15, -0.1) is 0 Å². The molecule has 0 rings (SSSR count). The quantitative estimate of drug-likeness (QED) is 0.569. The van der Waals surface area contributed by atoms with Crippen molar-refractivity contribution in [1.82, 2.24) is 0 Å². The lowest BCUT2D eigenvalue weighted by Gasteiger charge is -2.05. The summed E-state index contributed by atoms with van der Waals surface area (Å²) < 4.78 is 0. The number of carbonyl (C=O) groups is 1. The van der Waals surface area contributed by atoms with Crippen LogP contribution in [0.3, 0.4) is 0 Å². The summed E-state index contributed by atoms with van der Waals surface area (Å²) in [5, 5.41) is 8.17. The number of carboxylic acids is 1. The van der Waals surface area contributed by atoms with Crippen LogP contribution in [0, 0.1) is 17.8 Å². The lowest BCUT2D eigenvalue weighted by atomic mass is 10.1. The largest absolute Gasteiger partial charge is 0.472 e. The molecule has 0 aromatic heterocycles. The molecule has 0 unspecified atom stereocenters. The van der Waals surface area contributed by atoms with E-state index in [2.05, 4.69) is 5.92 Å². The molecule has 0 spiro atoms. The van der Waals surface area contributed by atoms with Gasteiger partial charge < -0.3 is 10.8 Å². The molecule has 3 nitrogen and oxygen atoms in total. The minimum Gasteiger partial charge on any atom is -0.472 e. The van der Waals surface area contributed by atoms with E-state index in [0.29, 0.717) is 5.92 Å². The fourth-order valence-corrected chi connectivity index (χ4v) is 0.721. The maximum atomic E-state index is 9.96. The summed E-state index contributed by atoms with van der Waals surface area (Å²) >= 11 is 0. The number of carboxylic acid groups (broad SMARTS) is 1. The van der Waals surface area contributed by atoms with Crippen LogP contribution in [0.4, 0.5) is 0 Å². The molecule has 0 aliphatic rings. The highest BCUT2D eigenvalue weighted by atomic mass is 16.4. The van der Waals surface area contributed by atoms with Crippen LogP contribution in [0.15, 0.2) is 0 Å². The zero-order chi connectivity index (χ0) is 8.85. The smallest absolute Gasteiger partial charge is 0.381 e. The number of nitrogens with two attached hydrogens (primary N) is 1. The van der Waals surface area contributed by atoms with Crippen molar-refractivity contribution >= 4 is 5.97 Å². The SMILES string of the molecule is CC(C)C[C@H](N)C#CC(=O)O. The van der Waals surface area contributed by atoms with Gasteiger partial charge in [0.1, 0.15) is 0 Å². The Hall–Kier alpha value is -1.01. The van der Waals surface area contributed by atoms with Crippen LogP contribution in [-0.4, -0.2) is 17.1 Å². The lowest BCUT2D eigenvalue weighted by Crippen LogP contribution is -2.19. The third kappa shape index (κ3) is 6.88. The van der Waals surface area contributed by atoms with Gasteiger partial charge in [0.05, 0.1) is 6.04 Å². The molecule has 62 valence electrons. The molecule has 3 N–H and O–H groups in total. The van der Waals surface area contributed by atoms with Crippen LogP contribution in [0.1, 0.15) is 20.3 Å². The maximum absolute atomic E-state index is 9.96. The molecule has 0 radical (unpaired) electrons. The molecule has 0 saturated heterocycles. The van der Waals surface area contributed by atoms with Crippen molar-refractivity contribution in [2.75, 3.05) is 0 Å². The molecule has 0 bridgehead atoms. The molecule has 1 atom stereocenters. The molecule has 0 aliphatic carbocycles. The van der Waals surface area contributed by atoms with Gasteiger partial charge in [-0.05, 0) is 12.3 Å². The van der Waals surface area contributed by atoms with Gasteiger partial charge in [0.2, 0.25) is 0 Å². The Balaban J connectivity index is 3.80. The highest BCUT2D eigenvalue weighted by molar-refractivity contribution is 5.86. The zero-order valence-electron chi connectivity index (χ0n) is 6.79. The van der Waals surface area contributed by atoms with Crippen LogP contribution in [-0.2, 0) is 4.79 Å². The summed E-state index contributed by atoms with van der Waals surface area (Å²) in [6.07, 6.45) is 0.736. The third-order valence-electron chi connectivity index (χ3n) is 1.09. The second-order valence-electron chi connectivity index (χ2n) is 2.81. The minimum atomic E-state index is -1.12. The van der Waals surface area contributed by atoms with Crippen LogP contribution in [0.25, 0.3) is 0 Å². The second-order valence-corrected chi connectivity index (χ2v) is 2.81. The molecule has 0 aromatic carbocycles. The summed E-state index contributed by atoms with van der Waals surface area (Å²) in [5.74, 6) is 3.76. The Morgan fingerprint density at radius 1 is 1.64 bits per heavy atom. The highest BCUT2D eigenvalue weighted by Gasteiger charge is 2.00. The molecule has 0 aromatic rings. The van der Waals surface area contributed by atoms with E-state index in [0.717, 1.165) is 6.42 Å². The standard InChI is InChI=1S/C8H13NO2/c1-6(2)5-7(9)3-4-8(10)11/h6-7H,5,9H2,1-2H3,(H,10,11)/t7-/m1/s1. The summed E-state index contributed by atoms with van der Waals surface area (Å²) in [6.45, 7) is 4.03. The lowest BCUT2D eigenvalue weighted by molar-refractivity contribution is -0.130. The van der Waals surface area contributed by atoms with Crippen LogP contribution >= 0.6 is 0 Å². The molecule has 0 amide bonds. The van der Waals surface area contributed by atoms with Crippen molar-refractivity contribution in [2.24, 2.45) is 11.7 Å². The summed E-state index contributed by atoms with van der Waals surface area (Å²) in [6, 6.07) is -0.314. The number of aliphatic carboxylic acids is 1. The summed E-state index contributed by atoms with van der Waals surface area (Å²) in [4.78, 5) is 9.96. The van der Waals surface area contributed by atoms with E-state index in [9.17, 15) is 4.79 Å². The molecule has 0 aliphatic heterocycles. The van der Waals surface area contributed by atoms with Gasteiger partial charge in [-0.1, -0.05) is 19.8 Å². The first-order valence-corrected chi connectivity index (χ1v) is 3.52. The molecule has 11 heavy (non-hydrogen) atoms. The molecule has 0 fully saturated rings. The van der Waals surface area contributed by atoms with Crippen molar-refractivity contribution in [1.29, 1.82) is 0 Å². The first-order valence-electron chi connectivity index (χ1n) is 3.52. The molecule has 0 heterocycles. The topological polar surface area (TPSA) is 63.3 Å². The van der Waals surface area contributed by atoms with E-state index in [4.69, 9.17) is 10.8 Å². The van der Waals surface area contributed by atoms with E-state index in [1.54, 1.807) is 0 Å². The van der Waals surface area contributed by atoms with Crippen LogP contribution < -0.4 is 5.73 Å². The van der Waals surface area contributed by atoms with E-state index in [-0.39, 0.29) is 6.04 Å². The minimum absolute atomic E-state index is 0.314. The van der Waals surface area contributed by atoms with Gasteiger partial charge in [-0.3, -0.25) is 0 Å². The summed E-state index contributed by atoms with van der Waals surface area (Å²) in [5.41, 5.74) is 5.49. The Bertz CT molecular complexity index is 188. The van der Waals surface area contributed by atoms with Crippen molar-refractivity contribution in [3.05, 3.63) is 0 Å². The van der Waals surface area contributed by atoms with Gasteiger partial charge in [0.15, 0.2) is 0 Å². The Morgan fingerprint density at radius 2 is 2.18 bits per heavy atom. The number of hydrogen-bond donors (Lipinski definition) is 2. The second kappa shape index (κ2) is 4.75.